The smallest absolute Gasteiger partial charge is 0.414 e. The zero-order valence-electron chi connectivity index (χ0n) is 13.7. The molecule has 8 nitrogen and oxygen atoms in total. The van der Waals surface area contributed by atoms with E-state index in [4.69, 9.17) is 9.26 Å². The molecule has 3 aromatic rings. The van der Waals surface area contributed by atoms with Gasteiger partial charge in [0, 0.05) is 30.1 Å². The molecule has 1 aliphatic rings. The van der Waals surface area contributed by atoms with E-state index in [0.717, 1.165) is 11.3 Å². The van der Waals surface area contributed by atoms with Gasteiger partial charge in [0.2, 0.25) is 11.7 Å². The van der Waals surface area contributed by atoms with Crippen molar-refractivity contribution in [3.63, 3.8) is 0 Å². The van der Waals surface area contributed by atoms with E-state index >= 15 is 0 Å². The summed E-state index contributed by atoms with van der Waals surface area (Å²) in [7, 11) is 0. The summed E-state index contributed by atoms with van der Waals surface area (Å²) in [6, 6.07) is 9.45. The van der Waals surface area contributed by atoms with Gasteiger partial charge >= 0.3 is 6.09 Å². The van der Waals surface area contributed by atoms with Crippen LogP contribution in [0.25, 0.3) is 11.4 Å². The van der Waals surface area contributed by atoms with E-state index in [1.165, 1.54) is 0 Å². The third-order valence-corrected chi connectivity index (χ3v) is 4.11. The summed E-state index contributed by atoms with van der Waals surface area (Å²) in [5, 5.41) is 8.26. The molecule has 3 heterocycles. The molecule has 0 bridgehead atoms. The van der Waals surface area contributed by atoms with Crippen molar-refractivity contribution in [2.45, 2.75) is 19.4 Å². The molecule has 0 aliphatic carbocycles. The van der Waals surface area contributed by atoms with Gasteiger partial charge < -0.3 is 9.26 Å². The number of hydrogen-bond donors (Lipinski definition) is 0. The minimum atomic E-state index is -0.317. The van der Waals surface area contributed by atoms with Crippen LogP contribution in [-0.4, -0.2) is 39.2 Å². The first-order chi connectivity index (χ1) is 12.2. The van der Waals surface area contributed by atoms with Crippen molar-refractivity contribution in [1.82, 2.24) is 19.9 Å². The third-order valence-electron chi connectivity index (χ3n) is 4.11. The third kappa shape index (κ3) is 3.10. The lowest BCUT2D eigenvalue weighted by Crippen LogP contribution is -2.23. The van der Waals surface area contributed by atoms with Crippen LogP contribution in [0.15, 0.2) is 47.2 Å². The summed E-state index contributed by atoms with van der Waals surface area (Å²) >= 11 is 0. The van der Waals surface area contributed by atoms with Gasteiger partial charge in [-0.3, -0.25) is 9.58 Å². The Hall–Kier alpha value is -3.16. The zero-order valence-corrected chi connectivity index (χ0v) is 13.7. The highest BCUT2D eigenvalue weighted by molar-refractivity contribution is 5.89. The molecule has 1 aliphatic heterocycles. The van der Waals surface area contributed by atoms with Crippen molar-refractivity contribution in [2.75, 3.05) is 18.1 Å². The summed E-state index contributed by atoms with van der Waals surface area (Å²) in [4.78, 5) is 17.6. The molecule has 0 N–H and O–H groups in total. The fraction of sp³-hybridized carbons (Fsp3) is 0.294. The van der Waals surface area contributed by atoms with Gasteiger partial charge in [-0.1, -0.05) is 5.16 Å². The molecule has 8 heteroatoms. The number of amides is 1. The molecule has 1 unspecified atom stereocenters. The van der Waals surface area contributed by atoms with Gasteiger partial charge in [0.25, 0.3) is 0 Å². The summed E-state index contributed by atoms with van der Waals surface area (Å²) in [5.41, 5.74) is 1.63. The Morgan fingerprint density at radius 1 is 1.28 bits per heavy atom. The molecule has 1 amide bonds. The molecular formula is C17H17N5O3. The summed E-state index contributed by atoms with van der Waals surface area (Å²) in [6.45, 7) is 3.03. The Balaban J connectivity index is 1.47. The van der Waals surface area contributed by atoms with Crippen LogP contribution < -0.4 is 4.90 Å². The highest BCUT2D eigenvalue weighted by Crippen LogP contribution is 2.24. The quantitative estimate of drug-likeness (QED) is 0.710. The van der Waals surface area contributed by atoms with Gasteiger partial charge in [-0.05, 0) is 37.3 Å². The monoisotopic (exact) mass is 339 g/mol. The number of ether oxygens (including phenoxy) is 1. The largest absolute Gasteiger partial charge is 0.447 e. The van der Waals surface area contributed by atoms with Crippen LogP contribution in [0.5, 0.6) is 0 Å². The fourth-order valence-electron chi connectivity index (χ4n) is 2.76. The van der Waals surface area contributed by atoms with Gasteiger partial charge in [-0.2, -0.15) is 10.1 Å². The number of cyclic esters (lactones) is 1. The van der Waals surface area contributed by atoms with Crippen molar-refractivity contribution < 1.29 is 14.1 Å². The summed E-state index contributed by atoms with van der Waals surface area (Å²) in [6.07, 6.45) is 3.94. The molecule has 0 saturated carbocycles. The van der Waals surface area contributed by atoms with Crippen LogP contribution in [0.3, 0.4) is 0 Å². The van der Waals surface area contributed by atoms with Crippen molar-refractivity contribution in [3.8, 4) is 11.4 Å². The second kappa shape index (κ2) is 6.39. The van der Waals surface area contributed by atoms with Crippen molar-refractivity contribution in [2.24, 2.45) is 0 Å². The van der Waals surface area contributed by atoms with Crippen molar-refractivity contribution >= 4 is 11.8 Å². The first-order valence-corrected chi connectivity index (χ1v) is 8.07. The van der Waals surface area contributed by atoms with E-state index in [9.17, 15) is 4.79 Å². The van der Waals surface area contributed by atoms with Crippen LogP contribution >= 0.6 is 0 Å². The minimum Gasteiger partial charge on any atom is -0.447 e. The summed E-state index contributed by atoms with van der Waals surface area (Å²) in [5.74, 6) is 1.09. The molecule has 1 fully saturated rings. The fourth-order valence-corrected chi connectivity index (χ4v) is 2.76. The first-order valence-electron chi connectivity index (χ1n) is 8.07. The normalized spacial score (nSPS) is 15.4. The lowest BCUT2D eigenvalue weighted by Gasteiger charge is -2.12. The van der Waals surface area contributed by atoms with E-state index in [-0.39, 0.29) is 12.1 Å². The number of hydrogen-bond acceptors (Lipinski definition) is 6. The maximum absolute atomic E-state index is 11.6. The average molecular weight is 339 g/mol. The zero-order chi connectivity index (χ0) is 17.2. The maximum Gasteiger partial charge on any atom is 0.414 e. The van der Waals surface area contributed by atoms with Gasteiger partial charge in [0.15, 0.2) is 0 Å². The van der Waals surface area contributed by atoms with E-state index < -0.39 is 0 Å². The number of rotatable bonds is 5. The van der Waals surface area contributed by atoms with Gasteiger partial charge in [-0.25, -0.2) is 4.79 Å². The Labute approximate surface area is 144 Å². The predicted octanol–water partition coefficient (Wildman–Crippen LogP) is 2.69. The van der Waals surface area contributed by atoms with Crippen LogP contribution in [-0.2, 0) is 11.2 Å². The van der Waals surface area contributed by atoms with Crippen LogP contribution in [0.4, 0.5) is 10.5 Å². The van der Waals surface area contributed by atoms with Crippen molar-refractivity contribution in [1.29, 1.82) is 0 Å². The molecule has 1 aromatic carbocycles. The highest BCUT2D eigenvalue weighted by atomic mass is 16.6. The molecule has 25 heavy (non-hydrogen) atoms. The van der Waals surface area contributed by atoms with Crippen molar-refractivity contribution in [3.05, 3.63) is 48.6 Å². The molecule has 1 saturated heterocycles. The number of carbonyl (C=O) groups excluding carboxylic acids is 1. The molecule has 4 rings (SSSR count). The second-order valence-electron chi connectivity index (χ2n) is 5.86. The number of aromatic nitrogens is 4. The molecular weight excluding hydrogens is 322 g/mol. The second-order valence-corrected chi connectivity index (χ2v) is 5.86. The number of carbonyl (C=O) groups is 1. The van der Waals surface area contributed by atoms with Crippen LogP contribution in [0, 0.1) is 0 Å². The standard InChI is InChI=1S/C17H17N5O3/c1-12(22-8-2-7-18-22)11-15-19-16(20-25-15)13-3-5-14(6-4-13)21-9-10-24-17(21)23/h2-8,12H,9-11H2,1H3. The topological polar surface area (TPSA) is 86.3 Å². The Morgan fingerprint density at radius 2 is 2.12 bits per heavy atom. The first kappa shape index (κ1) is 15.4. The Morgan fingerprint density at radius 3 is 2.80 bits per heavy atom. The number of nitrogens with zero attached hydrogens (tertiary/aromatic N) is 5. The molecule has 2 aromatic heterocycles. The van der Waals surface area contributed by atoms with E-state index in [2.05, 4.69) is 15.2 Å². The predicted molar refractivity (Wildman–Crippen MR) is 89.1 cm³/mol. The van der Waals surface area contributed by atoms with Gasteiger partial charge in [-0.15, -0.1) is 0 Å². The average Bonchev–Trinajstić information content (AvgIpc) is 3.37. The summed E-state index contributed by atoms with van der Waals surface area (Å²) < 4.78 is 12.1. The highest BCUT2D eigenvalue weighted by Gasteiger charge is 2.23. The van der Waals surface area contributed by atoms with E-state index in [1.54, 1.807) is 11.1 Å². The number of benzene rings is 1. The lowest BCUT2D eigenvalue weighted by atomic mass is 10.2. The van der Waals surface area contributed by atoms with Crippen LogP contribution in [0.2, 0.25) is 0 Å². The SMILES string of the molecule is CC(Cc1nc(-c2ccc(N3CCOC3=O)cc2)no1)n1cccn1. The minimum absolute atomic E-state index is 0.131. The van der Waals surface area contributed by atoms with E-state index in [1.807, 2.05) is 48.1 Å². The van der Waals surface area contributed by atoms with Crippen LogP contribution in [0.1, 0.15) is 18.9 Å². The molecule has 0 spiro atoms. The Bertz CT molecular complexity index is 857. The molecule has 128 valence electrons. The van der Waals surface area contributed by atoms with E-state index in [0.29, 0.717) is 31.3 Å². The maximum atomic E-state index is 11.6. The molecule has 1 atom stereocenters. The Kier molecular flexibility index (Phi) is 3.93. The number of anilines is 1. The van der Waals surface area contributed by atoms with Gasteiger partial charge in [0.05, 0.1) is 12.6 Å². The lowest BCUT2D eigenvalue weighted by molar-refractivity contribution is 0.181. The molecule has 0 radical (unpaired) electrons. The van der Waals surface area contributed by atoms with Gasteiger partial charge in [0.1, 0.15) is 6.61 Å².